The van der Waals surface area contributed by atoms with E-state index in [1.54, 1.807) is 15.8 Å². The molecular weight excluding hydrogens is 190 g/mol. The van der Waals surface area contributed by atoms with Gasteiger partial charge in [0.15, 0.2) is 0 Å². The second-order valence-corrected chi connectivity index (χ2v) is 3.62. The Balaban J connectivity index is 1.92. The minimum absolute atomic E-state index is 0.218. The Morgan fingerprint density at radius 1 is 1.60 bits per heavy atom. The summed E-state index contributed by atoms with van der Waals surface area (Å²) in [5, 5.41) is 4.02. The summed E-state index contributed by atoms with van der Waals surface area (Å²) >= 11 is 0. The maximum Gasteiger partial charge on any atom is 0.223 e. The summed E-state index contributed by atoms with van der Waals surface area (Å²) in [4.78, 5) is 13.1. The molecule has 0 atom stereocenters. The fraction of sp³-hybridized carbons (Fsp3) is 0.455. The number of hydrogen-bond acceptors (Lipinski definition) is 2. The zero-order valence-corrected chi connectivity index (χ0v) is 8.73. The van der Waals surface area contributed by atoms with Crippen LogP contribution in [0.4, 0.5) is 0 Å². The van der Waals surface area contributed by atoms with Crippen molar-refractivity contribution >= 4 is 5.91 Å². The predicted molar refractivity (Wildman–Crippen MR) is 55.9 cm³/mol. The molecule has 0 unspecified atom stereocenters. The molecule has 0 aliphatic carbocycles. The first-order valence-electron chi connectivity index (χ1n) is 5.01. The quantitative estimate of drug-likeness (QED) is 0.619. The third-order valence-corrected chi connectivity index (χ3v) is 2.38. The van der Waals surface area contributed by atoms with Gasteiger partial charge < -0.3 is 4.90 Å². The van der Waals surface area contributed by atoms with E-state index in [9.17, 15) is 4.79 Å². The van der Waals surface area contributed by atoms with Crippen molar-refractivity contribution < 1.29 is 4.79 Å². The normalized spacial score (nSPS) is 15.3. The molecule has 0 aromatic carbocycles. The van der Waals surface area contributed by atoms with Crippen LogP contribution >= 0.6 is 0 Å². The number of nitrogens with zero attached hydrogens (tertiary/aromatic N) is 3. The summed E-state index contributed by atoms with van der Waals surface area (Å²) in [5.74, 6) is 6.19. The number of likely N-dealkylation sites (tertiary alicyclic amines) is 1. The van der Waals surface area contributed by atoms with Crippen molar-refractivity contribution in [3.63, 3.8) is 0 Å². The average molecular weight is 203 g/mol. The number of hydrogen-bond donors (Lipinski definition) is 0. The Morgan fingerprint density at radius 2 is 2.47 bits per heavy atom. The molecule has 4 heteroatoms. The lowest BCUT2D eigenvalue weighted by Crippen LogP contribution is -2.24. The lowest BCUT2D eigenvalue weighted by molar-refractivity contribution is -0.127. The first-order chi connectivity index (χ1) is 7.25. The summed E-state index contributed by atoms with van der Waals surface area (Å²) in [6, 6.07) is 0. The maximum absolute atomic E-state index is 11.3. The molecule has 1 saturated heterocycles. The Kier molecular flexibility index (Phi) is 2.72. The van der Waals surface area contributed by atoms with E-state index in [0.717, 1.165) is 18.5 Å². The molecule has 0 bridgehead atoms. The smallest absolute Gasteiger partial charge is 0.223 e. The largest absolute Gasteiger partial charge is 0.332 e. The van der Waals surface area contributed by atoms with Crippen molar-refractivity contribution in [1.29, 1.82) is 0 Å². The van der Waals surface area contributed by atoms with Crippen LogP contribution in [0.2, 0.25) is 0 Å². The number of carbonyl (C=O) groups excluding carboxylic acids is 1. The lowest BCUT2D eigenvalue weighted by Gasteiger charge is -2.09. The van der Waals surface area contributed by atoms with Crippen LogP contribution in [0.15, 0.2) is 12.4 Å². The number of amides is 1. The van der Waals surface area contributed by atoms with E-state index in [1.807, 2.05) is 13.2 Å². The molecule has 15 heavy (non-hydrogen) atoms. The van der Waals surface area contributed by atoms with E-state index in [1.165, 1.54) is 0 Å². The van der Waals surface area contributed by atoms with Gasteiger partial charge in [-0.2, -0.15) is 5.10 Å². The van der Waals surface area contributed by atoms with Crippen LogP contribution in [0.1, 0.15) is 18.4 Å². The van der Waals surface area contributed by atoms with Crippen molar-refractivity contribution in [2.45, 2.75) is 12.8 Å². The van der Waals surface area contributed by atoms with Crippen LogP contribution in [0.25, 0.3) is 0 Å². The average Bonchev–Trinajstić information content (AvgIpc) is 2.77. The highest BCUT2D eigenvalue weighted by atomic mass is 16.2. The van der Waals surface area contributed by atoms with E-state index in [4.69, 9.17) is 0 Å². The first-order valence-corrected chi connectivity index (χ1v) is 5.01. The fourth-order valence-corrected chi connectivity index (χ4v) is 1.59. The number of aryl methyl sites for hydroxylation is 1. The van der Waals surface area contributed by atoms with Gasteiger partial charge >= 0.3 is 0 Å². The zero-order valence-electron chi connectivity index (χ0n) is 8.73. The summed E-state index contributed by atoms with van der Waals surface area (Å²) in [5.41, 5.74) is 0.893. The van der Waals surface area contributed by atoms with E-state index in [-0.39, 0.29) is 5.91 Å². The number of carbonyl (C=O) groups is 1. The molecule has 0 N–H and O–H groups in total. The summed E-state index contributed by atoms with van der Waals surface area (Å²) < 4.78 is 1.71. The standard InChI is InChI=1S/C11H13N3O/c1-13-9-10(8-12-13)4-2-6-14-7-3-5-11(14)15/h8-9H,3,5-7H2,1H3. The molecule has 0 radical (unpaired) electrons. The summed E-state index contributed by atoms with van der Waals surface area (Å²) in [6.07, 6.45) is 5.22. The Bertz CT molecular complexity index is 425. The zero-order chi connectivity index (χ0) is 10.7. The van der Waals surface area contributed by atoms with Crippen LogP contribution in [-0.4, -0.2) is 33.7 Å². The van der Waals surface area contributed by atoms with Gasteiger partial charge in [0.1, 0.15) is 0 Å². The van der Waals surface area contributed by atoms with Gasteiger partial charge in [-0.1, -0.05) is 11.8 Å². The number of rotatable bonds is 1. The second-order valence-electron chi connectivity index (χ2n) is 3.62. The van der Waals surface area contributed by atoms with Crippen molar-refractivity contribution in [2.75, 3.05) is 13.1 Å². The van der Waals surface area contributed by atoms with Crippen LogP contribution in [0.3, 0.4) is 0 Å². The molecule has 2 heterocycles. The minimum atomic E-state index is 0.218. The van der Waals surface area contributed by atoms with Gasteiger partial charge in [0, 0.05) is 26.2 Å². The summed E-state index contributed by atoms with van der Waals surface area (Å²) in [7, 11) is 1.86. The molecule has 1 aromatic rings. The second kappa shape index (κ2) is 4.18. The molecule has 78 valence electrons. The highest BCUT2D eigenvalue weighted by Gasteiger charge is 2.18. The van der Waals surface area contributed by atoms with Crippen molar-refractivity contribution in [2.24, 2.45) is 7.05 Å². The van der Waals surface area contributed by atoms with Crippen LogP contribution in [0.5, 0.6) is 0 Å². The lowest BCUT2D eigenvalue weighted by atomic mass is 10.3. The molecule has 1 aliphatic heterocycles. The topological polar surface area (TPSA) is 38.1 Å². The molecular formula is C11H13N3O. The highest BCUT2D eigenvalue weighted by molar-refractivity contribution is 5.78. The molecule has 0 saturated carbocycles. The number of aromatic nitrogens is 2. The van der Waals surface area contributed by atoms with Gasteiger partial charge in [-0.15, -0.1) is 0 Å². The van der Waals surface area contributed by atoms with Gasteiger partial charge in [0.05, 0.1) is 18.3 Å². The monoisotopic (exact) mass is 203 g/mol. The van der Waals surface area contributed by atoms with Crippen molar-refractivity contribution in [1.82, 2.24) is 14.7 Å². The van der Waals surface area contributed by atoms with E-state index in [0.29, 0.717) is 13.0 Å². The van der Waals surface area contributed by atoms with Gasteiger partial charge in [0.25, 0.3) is 0 Å². The predicted octanol–water partition coefficient (Wildman–Crippen LogP) is 0.394. The molecule has 1 amide bonds. The van der Waals surface area contributed by atoms with Crippen LogP contribution in [-0.2, 0) is 11.8 Å². The molecule has 0 spiro atoms. The third-order valence-electron chi connectivity index (χ3n) is 2.38. The minimum Gasteiger partial charge on any atom is -0.332 e. The van der Waals surface area contributed by atoms with Gasteiger partial charge in [-0.3, -0.25) is 9.48 Å². The molecule has 2 rings (SSSR count). The van der Waals surface area contributed by atoms with Gasteiger partial charge in [0.2, 0.25) is 5.91 Å². The van der Waals surface area contributed by atoms with Crippen LogP contribution < -0.4 is 0 Å². The fourth-order valence-electron chi connectivity index (χ4n) is 1.59. The van der Waals surface area contributed by atoms with Gasteiger partial charge in [-0.25, -0.2) is 0 Å². The summed E-state index contributed by atoms with van der Waals surface area (Å²) in [6.45, 7) is 1.38. The van der Waals surface area contributed by atoms with E-state index in [2.05, 4.69) is 16.9 Å². The van der Waals surface area contributed by atoms with E-state index < -0.39 is 0 Å². The Morgan fingerprint density at radius 3 is 3.07 bits per heavy atom. The highest BCUT2D eigenvalue weighted by Crippen LogP contribution is 2.07. The molecule has 1 aromatic heterocycles. The van der Waals surface area contributed by atoms with E-state index >= 15 is 0 Å². The molecule has 1 aliphatic rings. The van der Waals surface area contributed by atoms with Crippen molar-refractivity contribution in [3.05, 3.63) is 18.0 Å². The molecule has 1 fully saturated rings. The van der Waals surface area contributed by atoms with Gasteiger partial charge in [-0.05, 0) is 6.42 Å². The maximum atomic E-state index is 11.3. The SMILES string of the molecule is Cn1cc(C#CCN2CCCC2=O)cn1. The Hall–Kier alpha value is -1.76. The van der Waals surface area contributed by atoms with Crippen LogP contribution in [0, 0.1) is 11.8 Å². The molecule has 4 nitrogen and oxygen atoms in total. The van der Waals surface area contributed by atoms with Crippen molar-refractivity contribution in [3.8, 4) is 11.8 Å². The Labute approximate surface area is 88.9 Å². The first kappa shape index (κ1) is 9.78. The third kappa shape index (κ3) is 2.38.